The Hall–Kier alpha value is -1.64. The molecule has 0 unspecified atom stereocenters. The minimum Gasteiger partial charge on any atom is -0.342 e. The lowest BCUT2D eigenvalue weighted by atomic mass is 10.1. The van der Waals surface area contributed by atoms with Crippen LogP contribution in [0.4, 0.5) is 0 Å². The molecule has 0 aliphatic rings. The van der Waals surface area contributed by atoms with Crippen molar-refractivity contribution in [2.75, 3.05) is 13.6 Å². The smallest absolute Gasteiger partial charge is 0.254 e. The molecule has 18 heavy (non-hydrogen) atoms. The van der Waals surface area contributed by atoms with Gasteiger partial charge in [-0.3, -0.25) is 9.59 Å². The van der Waals surface area contributed by atoms with Gasteiger partial charge in [0.05, 0.1) is 5.56 Å². The lowest BCUT2D eigenvalue weighted by Gasteiger charge is -2.17. The SMILES string of the molecule is CC.CCCCN(C)C(=O)c1ccccc1C=O. The summed E-state index contributed by atoms with van der Waals surface area (Å²) < 4.78 is 0. The average molecular weight is 249 g/mol. The van der Waals surface area contributed by atoms with Crippen LogP contribution in [0.2, 0.25) is 0 Å². The third kappa shape index (κ3) is 4.70. The second-order valence-electron chi connectivity index (χ2n) is 3.79. The third-order valence-corrected chi connectivity index (χ3v) is 2.51. The summed E-state index contributed by atoms with van der Waals surface area (Å²) in [6.45, 7) is 6.81. The molecule has 1 rings (SSSR count). The Kier molecular flexibility index (Phi) is 8.54. The normalized spacial score (nSPS) is 9.11. The number of nitrogens with zero attached hydrogens (tertiary/aromatic N) is 1. The molecule has 3 heteroatoms. The first-order valence-corrected chi connectivity index (χ1v) is 6.50. The van der Waals surface area contributed by atoms with E-state index >= 15 is 0 Å². The molecule has 0 heterocycles. The summed E-state index contributed by atoms with van der Waals surface area (Å²) in [5.41, 5.74) is 0.937. The van der Waals surface area contributed by atoms with Crippen molar-refractivity contribution < 1.29 is 9.59 Å². The van der Waals surface area contributed by atoms with E-state index in [2.05, 4.69) is 6.92 Å². The van der Waals surface area contributed by atoms with E-state index in [4.69, 9.17) is 0 Å². The van der Waals surface area contributed by atoms with Gasteiger partial charge in [0.1, 0.15) is 0 Å². The number of rotatable bonds is 5. The van der Waals surface area contributed by atoms with Gasteiger partial charge in [-0.05, 0) is 12.5 Å². The first kappa shape index (κ1) is 16.4. The first-order chi connectivity index (χ1) is 8.70. The summed E-state index contributed by atoms with van der Waals surface area (Å²) in [6, 6.07) is 6.88. The third-order valence-electron chi connectivity index (χ3n) is 2.51. The molecular weight excluding hydrogens is 226 g/mol. The van der Waals surface area contributed by atoms with E-state index < -0.39 is 0 Å². The van der Waals surface area contributed by atoms with Gasteiger partial charge in [0.2, 0.25) is 0 Å². The van der Waals surface area contributed by atoms with Crippen molar-refractivity contribution in [2.24, 2.45) is 0 Å². The summed E-state index contributed by atoms with van der Waals surface area (Å²) in [4.78, 5) is 24.5. The van der Waals surface area contributed by atoms with Crippen LogP contribution in [0.1, 0.15) is 54.3 Å². The standard InChI is InChI=1S/C13H17NO2.C2H6/c1-3-4-9-14(2)13(16)12-8-6-5-7-11(12)10-15;1-2/h5-8,10H,3-4,9H2,1-2H3;1-2H3. The number of aldehydes is 1. The molecule has 0 saturated heterocycles. The second kappa shape index (κ2) is 9.40. The largest absolute Gasteiger partial charge is 0.342 e. The van der Waals surface area contributed by atoms with E-state index in [1.807, 2.05) is 13.8 Å². The number of hydrogen-bond acceptors (Lipinski definition) is 2. The Morgan fingerprint density at radius 1 is 1.28 bits per heavy atom. The minimum atomic E-state index is -0.0869. The van der Waals surface area contributed by atoms with Gasteiger partial charge in [-0.1, -0.05) is 45.4 Å². The highest BCUT2D eigenvalue weighted by molar-refractivity contribution is 6.01. The van der Waals surface area contributed by atoms with Gasteiger partial charge in [-0.2, -0.15) is 0 Å². The van der Waals surface area contributed by atoms with Crippen molar-refractivity contribution in [2.45, 2.75) is 33.6 Å². The summed E-state index contributed by atoms with van der Waals surface area (Å²) in [6.07, 6.45) is 2.75. The number of carbonyl (C=O) groups excluding carboxylic acids is 2. The Morgan fingerprint density at radius 3 is 2.44 bits per heavy atom. The maximum Gasteiger partial charge on any atom is 0.254 e. The lowest BCUT2D eigenvalue weighted by Crippen LogP contribution is -2.28. The molecule has 100 valence electrons. The number of unbranched alkanes of at least 4 members (excludes halogenated alkanes) is 1. The molecule has 1 aromatic carbocycles. The zero-order valence-corrected chi connectivity index (χ0v) is 11.8. The quantitative estimate of drug-likeness (QED) is 0.750. The monoisotopic (exact) mass is 249 g/mol. The van der Waals surface area contributed by atoms with Crippen LogP contribution < -0.4 is 0 Å². The van der Waals surface area contributed by atoms with E-state index in [0.717, 1.165) is 25.7 Å². The predicted octanol–water partition coefficient (Wildman–Crippen LogP) is 3.40. The molecule has 0 aliphatic carbocycles. The molecule has 0 bridgehead atoms. The van der Waals surface area contributed by atoms with Gasteiger partial charge in [0, 0.05) is 19.2 Å². The average Bonchev–Trinajstić information content (AvgIpc) is 2.45. The molecular formula is C15H23NO2. The van der Waals surface area contributed by atoms with Gasteiger partial charge in [0.25, 0.3) is 5.91 Å². The lowest BCUT2D eigenvalue weighted by molar-refractivity contribution is 0.0790. The highest BCUT2D eigenvalue weighted by Crippen LogP contribution is 2.09. The minimum absolute atomic E-state index is 0.0869. The molecule has 1 aromatic rings. The van der Waals surface area contributed by atoms with E-state index in [-0.39, 0.29) is 5.91 Å². The van der Waals surface area contributed by atoms with Crippen LogP contribution in [-0.2, 0) is 0 Å². The molecule has 0 saturated carbocycles. The van der Waals surface area contributed by atoms with Gasteiger partial charge in [-0.25, -0.2) is 0 Å². The molecule has 0 fully saturated rings. The Balaban J connectivity index is 0.00000137. The summed E-state index contributed by atoms with van der Waals surface area (Å²) in [5.74, 6) is -0.0869. The molecule has 0 radical (unpaired) electrons. The molecule has 3 nitrogen and oxygen atoms in total. The number of amides is 1. The van der Waals surface area contributed by atoms with Crippen molar-refractivity contribution in [3.05, 3.63) is 35.4 Å². The Bertz CT molecular complexity index is 375. The summed E-state index contributed by atoms with van der Waals surface area (Å²) >= 11 is 0. The molecule has 0 spiro atoms. The first-order valence-electron chi connectivity index (χ1n) is 6.50. The molecule has 0 aliphatic heterocycles. The van der Waals surface area contributed by atoms with Crippen LogP contribution in [0, 0.1) is 0 Å². The number of benzene rings is 1. The van der Waals surface area contributed by atoms with E-state index in [9.17, 15) is 9.59 Å². The highest BCUT2D eigenvalue weighted by atomic mass is 16.2. The van der Waals surface area contributed by atoms with Crippen LogP contribution in [0.25, 0.3) is 0 Å². The molecule has 0 aromatic heterocycles. The molecule has 0 N–H and O–H groups in total. The van der Waals surface area contributed by atoms with E-state index in [1.54, 1.807) is 36.2 Å². The fourth-order valence-corrected chi connectivity index (χ4v) is 1.50. The van der Waals surface area contributed by atoms with Crippen molar-refractivity contribution >= 4 is 12.2 Å². The van der Waals surface area contributed by atoms with Crippen LogP contribution in [0.5, 0.6) is 0 Å². The topological polar surface area (TPSA) is 37.4 Å². The van der Waals surface area contributed by atoms with E-state index in [0.29, 0.717) is 11.1 Å². The van der Waals surface area contributed by atoms with Crippen molar-refractivity contribution in [1.82, 2.24) is 4.90 Å². The van der Waals surface area contributed by atoms with Crippen LogP contribution in [0.15, 0.2) is 24.3 Å². The maximum atomic E-state index is 12.0. The number of carbonyl (C=O) groups is 2. The van der Waals surface area contributed by atoms with Crippen molar-refractivity contribution in [3.63, 3.8) is 0 Å². The fourth-order valence-electron chi connectivity index (χ4n) is 1.50. The summed E-state index contributed by atoms with van der Waals surface area (Å²) in [7, 11) is 1.76. The van der Waals surface area contributed by atoms with Crippen molar-refractivity contribution in [3.8, 4) is 0 Å². The highest BCUT2D eigenvalue weighted by Gasteiger charge is 2.14. The Morgan fingerprint density at radius 2 is 1.89 bits per heavy atom. The van der Waals surface area contributed by atoms with Crippen molar-refractivity contribution in [1.29, 1.82) is 0 Å². The zero-order chi connectivity index (χ0) is 14.0. The second-order valence-corrected chi connectivity index (χ2v) is 3.79. The van der Waals surface area contributed by atoms with Gasteiger partial charge in [0.15, 0.2) is 6.29 Å². The molecule has 1 amide bonds. The fraction of sp³-hybridized carbons (Fsp3) is 0.467. The summed E-state index contributed by atoms with van der Waals surface area (Å²) in [5, 5.41) is 0. The van der Waals surface area contributed by atoms with Gasteiger partial charge in [-0.15, -0.1) is 0 Å². The Labute approximate surface area is 110 Å². The van der Waals surface area contributed by atoms with E-state index in [1.165, 1.54) is 0 Å². The predicted molar refractivity (Wildman–Crippen MR) is 75.0 cm³/mol. The van der Waals surface area contributed by atoms with Gasteiger partial charge >= 0.3 is 0 Å². The molecule has 0 atom stereocenters. The van der Waals surface area contributed by atoms with Crippen LogP contribution in [-0.4, -0.2) is 30.7 Å². The maximum absolute atomic E-state index is 12.0. The zero-order valence-electron chi connectivity index (χ0n) is 11.8. The van der Waals surface area contributed by atoms with Crippen LogP contribution >= 0.6 is 0 Å². The van der Waals surface area contributed by atoms with Crippen LogP contribution in [0.3, 0.4) is 0 Å². The van der Waals surface area contributed by atoms with Gasteiger partial charge < -0.3 is 4.90 Å². The number of hydrogen-bond donors (Lipinski definition) is 0.